The fourth-order valence-corrected chi connectivity index (χ4v) is 3.75. The Morgan fingerprint density at radius 2 is 1.96 bits per heavy atom. The normalized spacial score (nSPS) is 26.6. The van der Waals surface area contributed by atoms with Crippen molar-refractivity contribution in [2.24, 2.45) is 5.73 Å². The number of halogens is 2. The maximum absolute atomic E-state index is 13.8. The Hall–Kier alpha value is -1.57. The summed E-state index contributed by atoms with van der Waals surface area (Å²) in [7, 11) is 0. The van der Waals surface area contributed by atoms with E-state index < -0.39 is 28.8 Å². The van der Waals surface area contributed by atoms with Crippen molar-refractivity contribution in [1.29, 1.82) is 0 Å². The van der Waals surface area contributed by atoms with Gasteiger partial charge in [0.1, 0.15) is 22.9 Å². The minimum Gasteiger partial charge on any atom is -0.380 e. The van der Waals surface area contributed by atoms with E-state index in [0.29, 0.717) is 44.5 Å². The number of amides is 1. The van der Waals surface area contributed by atoms with Crippen LogP contribution in [-0.2, 0) is 11.3 Å². The molecule has 0 aromatic heterocycles. The highest BCUT2D eigenvalue weighted by atomic mass is 19.1. The molecule has 2 fully saturated rings. The molecule has 0 spiro atoms. The third kappa shape index (κ3) is 4.16. The van der Waals surface area contributed by atoms with Gasteiger partial charge in [0.2, 0.25) is 0 Å². The molecular weight excluding hydrogens is 328 g/mol. The van der Waals surface area contributed by atoms with E-state index in [1.165, 1.54) is 12.1 Å². The zero-order valence-electron chi connectivity index (χ0n) is 14.2. The third-order valence-electron chi connectivity index (χ3n) is 5.25. The lowest BCUT2D eigenvalue weighted by Gasteiger charge is -2.35. The average molecular weight is 353 g/mol. The molecule has 1 aromatic carbocycles. The maximum atomic E-state index is 13.8. The van der Waals surface area contributed by atoms with Crippen LogP contribution in [0.1, 0.15) is 44.1 Å². The number of rotatable bonds is 4. The summed E-state index contributed by atoms with van der Waals surface area (Å²) in [6.45, 7) is 1.24. The number of hydrogen-bond acceptors (Lipinski definition) is 4. The van der Waals surface area contributed by atoms with Gasteiger partial charge >= 0.3 is 0 Å². The first-order valence-corrected chi connectivity index (χ1v) is 8.80. The van der Waals surface area contributed by atoms with Gasteiger partial charge in [-0.15, -0.1) is 0 Å². The number of benzene rings is 1. The molecule has 7 heteroatoms. The molecular formula is C18H25F2N3O2. The van der Waals surface area contributed by atoms with Gasteiger partial charge in [0.25, 0.3) is 5.91 Å². The van der Waals surface area contributed by atoms with Crippen LogP contribution in [-0.4, -0.2) is 40.3 Å². The molecule has 1 aliphatic heterocycles. The van der Waals surface area contributed by atoms with Gasteiger partial charge in [0, 0.05) is 31.3 Å². The highest BCUT2D eigenvalue weighted by molar-refractivity contribution is 5.85. The summed E-state index contributed by atoms with van der Waals surface area (Å²) in [5.41, 5.74) is 4.41. The second kappa shape index (κ2) is 6.97. The number of carbonyl (C=O) groups is 1. The minimum absolute atomic E-state index is 0.297. The quantitative estimate of drug-likeness (QED) is 0.719. The molecule has 1 saturated heterocycles. The number of likely N-dealkylation sites (tertiary alicyclic amines) is 1. The van der Waals surface area contributed by atoms with E-state index >= 15 is 0 Å². The second-order valence-corrected chi connectivity index (χ2v) is 7.40. The molecule has 25 heavy (non-hydrogen) atoms. The van der Waals surface area contributed by atoms with Gasteiger partial charge in [0.05, 0.1) is 0 Å². The van der Waals surface area contributed by atoms with Crippen LogP contribution in [0.25, 0.3) is 0 Å². The van der Waals surface area contributed by atoms with Crippen molar-refractivity contribution in [3.05, 3.63) is 35.4 Å². The molecule has 1 amide bonds. The van der Waals surface area contributed by atoms with E-state index in [-0.39, 0.29) is 0 Å². The molecule has 0 bridgehead atoms. The number of nitrogens with zero attached hydrogens (tertiary/aromatic N) is 1. The summed E-state index contributed by atoms with van der Waals surface area (Å²) in [5.74, 6) is -1.61. The molecule has 1 aromatic rings. The fourth-order valence-electron chi connectivity index (χ4n) is 3.75. The highest BCUT2D eigenvalue weighted by Crippen LogP contribution is 2.29. The first kappa shape index (κ1) is 18.2. The first-order valence-electron chi connectivity index (χ1n) is 8.80. The van der Waals surface area contributed by atoms with Gasteiger partial charge in [-0.25, -0.2) is 8.78 Å². The van der Waals surface area contributed by atoms with Gasteiger partial charge in [-0.05, 0) is 25.3 Å². The maximum Gasteiger partial charge on any atom is 0.253 e. The molecule has 5 nitrogen and oxygen atoms in total. The molecule has 1 unspecified atom stereocenters. The Kier molecular flexibility index (Phi) is 5.09. The summed E-state index contributed by atoms with van der Waals surface area (Å²) < 4.78 is 26.8. The Morgan fingerprint density at radius 3 is 2.64 bits per heavy atom. The summed E-state index contributed by atoms with van der Waals surface area (Å²) in [6, 6.07) is 3.51. The van der Waals surface area contributed by atoms with Crippen LogP contribution in [0.15, 0.2) is 18.2 Å². The monoisotopic (exact) mass is 353 g/mol. The SMILES string of the molecule is NC1(NC(=O)C2(O)CCCCC2)CCN(Cc2ccc(F)cc2F)C1. The van der Waals surface area contributed by atoms with Crippen LogP contribution >= 0.6 is 0 Å². The fraction of sp³-hybridized carbons (Fsp3) is 0.611. The third-order valence-corrected chi connectivity index (χ3v) is 5.25. The Balaban J connectivity index is 1.59. The summed E-state index contributed by atoms with van der Waals surface area (Å²) >= 11 is 0. The predicted octanol–water partition coefficient (Wildman–Crippen LogP) is 1.64. The Bertz CT molecular complexity index is 649. The van der Waals surface area contributed by atoms with Crippen LogP contribution in [0.4, 0.5) is 8.78 Å². The number of carbonyl (C=O) groups excluding carboxylic acids is 1. The molecule has 4 N–H and O–H groups in total. The lowest BCUT2D eigenvalue weighted by atomic mass is 9.84. The molecule has 0 radical (unpaired) electrons. The number of nitrogens with one attached hydrogen (secondary N) is 1. The molecule has 3 rings (SSSR count). The van der Waals surface area contributed by atoms with Crippen molar-refractivity contribution in [2.75, 3.05) is 13.1 Å². The Labute approximate surface area is 146 Å². The molecule has 2 aliphatic rings. The van der Waals surface area contributed by atoms with Crippen LogP contribution in [0.3, 0.4) is 0 Å². The molecule has 1 heterocycles. The minimum atomic E-state index is -1.33. The average Bonchev–Trinajstić information content (AvgIpc) is 2.91. The molecule has 1 atom stereocenters. The van der Waals surface area contributed by atoms with E-state index in [9.17, 15) is 18.7 Å². The van der Waals surface area contributed by atoms with Gasteiger partial charge in [0.15, 0.2) is 0 Å². The number of hydrogen-bond donors (Lipinski definition) is 3. The van der Waals surface area contributed by atoms with E-state index in [1.54, 1.807) is 0 Å². The van der Waals surface area contributed by atoms with E-state index in [2.05, 4.69) is 5.32 Å². The van der Waals surface area contributed by atoms with Crippen molar-refractivity contribution in [3.63, 3.8) is 0 Å². The topological polar surface area (TPSA) is 78.6 Å². The molecule has 1 saturated carbocycles. The van der Waals surface area contributed by atoms with Crippen molar-refractivity contribution in [3.8, 4) is 0 Å². The van der Waals surface area contributed by atoms with Crippen molar-refractivity contribution in [1.82, 2.24) is 10.2 Å². The van der Waals surface area contributed by atoms with E-state index in [4.69, 9.17) is 5.73 Å². The van der Waals surface area contributed by atoms with E-state index in [1.807, 2.05) is 4.90 Å². The van der Waals surface area contributed by atoms with Crippen LogP contribution in [0.2, 0.25) is 0 Å². The van der Waals surface area contributed by atoms with Gasteiger partial charge in [-0.3, -0.25) is 9.69 Å². The summed E-state index contributed by atoms with van der Waals surface area (Å²) in [4.78, 5) is 14.4. The van der Waals surface area contributed by atoms with Crippen LogP contribution < -0.4 is 11.1 Å². The molecule has 1 aliphatic carbocycles. The number of aliphatic hydroxyl groups is 1. The van der Waals surface area contributed by atoms with Crippen molar-refractivity contribution >= 4 is 5.91 Å². The zero-order chi connectivity index (χ0) is 18.1. The van der Waals surface area contributed by atoms with Crippen LogP contribution in [0.5, 0.6) is 0 Å². The second-order valence-electron chi connectivity index (χ2n) is 7.40. The largest absolute Gasteiger partial charge is 0.380 e. The molecule has 138 valence electrons. The number of nitrogens with two attached hydrogens (primary N) is 1. The smallest absolute Gasteiger partial charge is 0.253 e. The Morgan fingerprint density at radius 1 is 1.24 bits per heavy atom. The van der Waals surface area contributed by atoms with Gasteiger partial charge in [-0.2, -0.15) is 0 Å². The predicted molar refractivity (Wildman–Crippen MR) is 89.3 cm³/mol. The zero-order valence-corrected chi connectivity index (χ0v) is 14.2. The van der Waals surface area contributed by atoms with Gasteiger partial charge in [-0.1, -0.05) is 25.3 Å². The lowest BCUT2D eigenvalue weighted by Crippen LogP contribution is -2.62. The summed E-state index contributed by atoms with van der Waals surface area (Å²) in [6.07, 6.45) is 4.12. The van der Waals surface area contributed by atoms with Crippen molar-refractivity contribution in [2.45, 2.75) is 56.3 Å². The highest BCUT2D eigenvalue weighted by Gasteiger charge is 2.43. The van der Waals surface area contributed by atoms with E-state index in [0.717, 1.165) is 25.3 Å². The lowest BCUT2D eigenvalue weighted by molar-refractivity contribution is -0.145. The van der Waals surface area contributed by atoms with Crippen molar-refractivity contribution < 1.29 is 18.7 Å². The van der Waals surface area contributed by atoms with Crippen LogP contribution in [0, 0.1) is 11.6 Å². The first-order chi connectivity index (χ1) is 11.8. The standard InChI is InChI=1S/C18H25F2N3O2/c19-14-5-4-13(15(20)10-14)11-23-9-8-18(21,12-23)22-16(24)17(25)6-2-1-3-7-17/h4-5,10,25H,1-3,6-9,11-12,21H2,(H,22,24). The van der Waals surface area contributed by atoms with Gasteiger partial charge < -0.3 is 16.2 Å². The summed E-state index contributed by atoms with van der Waals surface area (Å²) in [5, 5.41) is 13.3.